The molecule has 2 amide bonds. The van der Waals surface area contributed by atoms with Crippen LogP contribution in [0.2, 0.25) is 0 Å². The van der Waals surface area contributed by atoms with Crippen molar-refractivity contribution >= 4 is 11.8 Å². The Hall–Kier alpha value is -1.99. The molecule has 136 valence electrons. The summed E-state index contributed by atoms with van der Waals surface area (Å²) in [6, 6.07) is 2.68. The summed E-state index contributed by atoms with van der Waals surface area (Å²) in [5.74, 6) is -3.29. The van der Waals surface area contributed by atoms with Crippen LogP contribution in [-0.2, 0) is 0 Å². The lowest BCUT2D eigenvalue weighted by Gasteiger charge is -2.45. The van der Waals surface area contributed by atoms with Gasteiger partial charge in [0.2, 0.25) is 0 Å². The van der Waals surface area contributed by atoms with Crippen molar-refractivity contribution in [2.24, 2.45) is 5.41 Å². The third-order valence-corrected chi connectivity index (χ3v) is 5.55. The molecule has 25 heavy (non-hydrogen) atoms. The number of hydrogen-bond acceptors (Lipinski definition) is 3. The number of piperidine rings is 1. The molecule has 1 atom stereocenters. The maximum absolute atomic E-state index is 14.8. The normalized spacial score (nSPS) is 28.4. The van der Waals surface area contributed by atoms with Crippen LogP contribution in [0.1, 0.15) is 25.7 Å². The quantitative estimate of drug-likeness (QED) is 0.888. The minimum atomic E-state index is -2.89. The third kappa shape index (κ3) is 2.91. The van der Waals surface area contributed by atoms with E-state index in [1.807, 2.05) is 0 Å². The number of halogens is 3. The van der Waals surface area contributed by atoms with E-state index in [0.29, 0.717) is 6.54 Å². The number of aromatic nitrogens is 1. The van der Waals surface area contributed by atoms with Crippen LogP contribution >= 0.6 is 0 Å². The molecule has 3 fully saturated rings. The number of alkyl halides is 2. The Bertz CT molecular complexity index is 682. The van der Waals surface area contributed by atoms with Crippen LogP contribution in [0.15, 0.2) is 18.3 Å². The molecule has 2 saturated heterocycles. The van der Waals surface area contributed by atoms with E-state index >= 15 is 0 Å². The van der Waals surface area contributed by atoms with E-state index in [0.717, 1.165) is 12.8 Å². The predicted octanol–water partition coefficient (Wildman–Crippen LogP) is 2.63. The maximum atomic E-state index is 14.8. The standard InChI is InChI=1S/C17H21F3N4O/c18-13-2-1-7-21-14(13)23-8-5-16(10-23)11-24(9-6-17(16,19)20)15(25)22-12-3-4-12/h1-2,7,12H,3-6,8-11H2,(H,22,25)/t16-/m1/s1. The van der Waals surface area contributed by atoms with Gasteiger partial charge in [-0.25, -0.2) is 22.9 Å². The highest BCUT2D eigenvalue weighted by atomic mass is 19.3. The SMILES string of the molecule is O=C(NC1CC1)N1CCC(F)(F)[C@@]2(CCN(c3ncccc3F)C2)C1. The summed E-state index contributed by atoms with van der Waals surface area (Å²) in [5.41, 5.74) is -1.35. The van der Waals surface area contributed by atoms with Crippen molar-refractivity contribution in [3.8, 4) is 0 Å². The molecule has 1 N–H and O–H groups in total. The Labute approximate surface area is 144 Å². The number of hydrogen-bond donors (Lipinski definition) is 1. The van der Waals surface area contributed by atoms with E-state index in [-0.39, 0.29) is 50.4 Å². The zero-order chi connectivity index (χ0) is 17.7. The zero-order valence-corrected chi connectivity index (χ0v) is 13.9. The van der Waals surface area contributed by atoms with E-state index in [1.54, 1.807) is 4.90 Å². The van der Waals surface area contributed by atoms with Gasteiger partial charge in [0.05, 0.1) is 5.41 Å². The van der Waals surface area contributed by atoms with Crippen LogP contribution in [-0.4, -0.2) is 54.1 Å². The summed E-state index contributed by atoms with van der Waals surface area (Å²) in [4.78, 5) is 19.4. The summed E-state index contributed by atoms with van der Waals surface area (Å²) in [7, 11) is 0. The fourth-order valence-electron chi connectivity index (χ4n) is 3.86. The van der Waals surface area contributed by atoms with Gasteiger partial charge in [0.25, 0.3) is 5.92 Å². The van der Waals surface area contributed by atoms with E-state index in [9.17, 15) is 18.0 Å². The van der Waals surface area contributed by atoms with E-state index < -0.39 is 17.2 Å². The van der Waals surface area contributed by atoms with Gasteiger partial charge in [0.1, 0.15) is 0 Å². The number of pyridine rings is 1. The first kappa shape index (κ1) is 16.5. The highest BCUT2D eigenvalue weighted by Gasteiger charge is 2.60. The topological polar surface area (TPSA) is 48.5 Å². The molecule has 1 saturated carbocycles. The van der Waals surface area contributed by atoms with E-state index in [2.05, 4.69) is 10.3 Å². The number of amides is 2. The number of urea groups is 1. The maximum Gasteiger partial charge on any atom is 0.317 e. The smallest absolute Gasteiger partial charge is 0.317 e. The number of rotatable bonds is 2. The number of carbonyl (C=O) groups is 1. The molecule has 1 aromatic heterocycles. The Kier molecular flexibility index (Phi) is 3.81. The minimum Gasteiger partial charge on any atom is -0.353 e. The lowest BCUT2D eigenvalue weighted by atomic mass is 9.75. The molecule has 3 aliphatic rings. The summed E-state index contributed by atoms with van der Waals surface area (Å²) in [6.45, 7) is 0.345. The van der Waals surface area contributed by atoms with Crippen LogP contribution in [0.3, 0.4) is 0 Å². The van der Waals surface area contributed by atoms with Gasteiger partial charge in [0.15, 0.2) is 11.6 Å². The number of nitrogens with one attached hydrogen (secondary N) is 1. The average molecular weight is 354 g/mol. The molecular formula is C17H21F3N4O. The van der Waals surface area contributed by atoms with Crippen LogP contribution in [0.25, 0.3) is 0 Å². The second-order valence-corrected chi connectivity index (χ2v) is 7.36. The summed E-state index contributed by atoms with van der Waals surface area (Å²) in [5, 5.41) is 2.87. The summed E-state index contributed by atoms with van der Waals surface area (Å²) >= 11 is 0. The van der Waals surface area contributed by atoms with Crippen LogP contribution in [0, 0.1) is 11.2 Å². The van der Waals surface area contributed by atoms with Crippen molar-refractivity contribution in [3.63, 3.8) is 0 Å². The van der Waals surface area contributed by atoms with Crippen molar-refractivity contribution < 1.29 is 18.0 Å². The van der Waals surface area contributed by atoms with Gasteiger partial charge < -0.3 is 15.1 Å². The van der Waals surface area contributed by atoms with Gasteiger partial charge in [-0.3, -0.25) is 0 Å². The number of nitrogens with zero attached hydrogens (tertiary/aromatic N) is 3. The Morgan fingerprint density at radius 1 is 1.24 bits per heavy atom. The lowest BCUT2D eigenvalue weighted by Crippen LogP contribution is -2.59. The summed E-state index contributed by atoms with van der Waals surface area (Å²) < 4.78 is 43.5. The number of anilines is 1. The predicted molar refractivity (Wildman–Crippen MR) is 86.1 cm³/mol. The Balaban J connectivity index is 1.53. The first-order valence-electron chi connectivity index (χ1n) is 8.69. The summed E-state index contributed by atoms with van der Waals surface area (Å²) in [6.07, 6.45) is 3.21. The molecule has 5 nitrogen and oxygen atoms in total. The highest BCUT2D eigenvalue weighted by Crippen LogP contribution is 2.50. The fourth-order valence-corrected chi connectivity index (χ4v) is 3.86. The van der Waals surface area contributed by atoms with E-state index in [1.165, 1.54) is 23.2 Å². The molecule has 1 aromatic rings. The molecule has 0 bridgehead atoms. The van der Waals surface area contributed by atoms with Gasteiger partial charge in [-0.1, -0.05) is 0 Å². The molecule has 0 radical (unpaired) electrons. The van der Waals surface area contributed by atoms with Crippen molar-refractivity contribution in [1.29, 1.82) is 0 Å². The van der Waals surface area contributed by atoms with Crippen molar-refractivity contribution in [2.75, 3.05) is 31.1 Å². The monoisotopic (exact) mass is 354 g/mol. The lowest BCUT2D eigenvalue weighted by molar-refractivity contribution is -0.149. The highest BCUT2D eigenvalue weighted by molar-refractivity contribution is 5.75. The zero-order valence-electron chi connectivity index (χ0n) is 13.9. The molecule has 3 heterocycles. The second kappa shape index (κ2) is 5.78. The average Bonchev–Trinajstić information content (AvgIpc) is 3.28. The first-order valence-corrected chi connectivity index (χ1v) is 8.69. The van der Waals surface area contributed by atoms with Gasteiger partial charge in [-0.05, 0) is 31.4 Å². The Morgan fingerprint density at radius 3 is 2.76 bits per heavy atom. The first-order chi connectivity index (χ1) is 11.9. The van der Waals surface area contributed by atoms with Crippen molar-refractivity contribution in [1.82, 2.24) is 15.2 Å². The number of likely N-dealkylation sites (tertiary alicyclic amines) is 1. The molecule has 1 aliphatic carbocycles. The molecule has 8 heteroatoms. The fraction of sp³-hybridized carbons (Fsp3) is 0.647. The number of carbonyl (C=O) groups excluding carboxylic acids is 1. The van der Waals surface area contributed by atoms with Gasteiger partial charge in [-0.15, -0.1) is 0 Å². The molecule has 0 unspecified atom stereocenters. The van der Waals surface area contributed by atoms with Crippen LogP contribution < -0.4 is 10.2 Å². The minimum absolute atomic E-state index is 0.00113. The van der Waals surface area contributed by atoms with Gasteiger partial charge in [-0.2, -0.15) is 0 Å². The largest absolute Gasteiger partial charge is 0.353 e. The van der Waals surface area contributed by atoms with E-state index in [4.69, 9.17) is 0 Å². The van der Waals surface area contributed by atoms with Crippen LogP contribution in [0.4, 0.5) is 23.8 Å². The molecule has 4 rings (SSSR count). The van der Waals surface area contributed by atoms with Crippen molar-refractivity contribution in [2.45, 2.75) is 37.6 Å². The third-order valence-electron chi connectivity index (χ3n) is 5.55. The Morgan fingerprint density at radius 2 is 2.04 bits per heavy atom. The van der Waals surface area contributed by atoms with Gasteiger partial charge in [0, 0.05) is 44.8 Å². The van der Waals surface area contributed by atoms with Crippen molar-refractivity contribution in [3.05, 3.63) is 24.1 Å². The van der Waals surface area contributed by atoms with Gasteiger partial charge >= 0.3 is 6.03 Å². The second-order valence-electron chi connectivity index (χ2n) is 7.36. The molecule has 2 aliphatic heterocycles. The molecule has 1 spiro atoms. The van der Waals surface area contributed by atoms with Crippen LogP contribution in [0.5, 0.6) is 0 Å². The molecule has 0 aromatic carbocycles. The molecular weight excluding hydrogens is 333 g/mol.